The summed E-state index contributed by atoms with van der Waals surface area (Å²) in [4.78, 5) is 11.9. The first-order chi connectivity index (χ1) is 12.7. The minimum atomic E-state index is -0.918. The third-order valence-electron chi connectivity index (χ3n) is 4.19. The van der Waals surface area contributed by atoms with Gasteiger partial charge in [0, 0.05) is 0 Å². The zero-order valence-electron chi connectivity index (χ0n) is 15.9. The van der Waals surface area contributed by atoms with Gasteiger partial charge in [0.2, 0.25) is 0 Å². The second-order valence-electron chi connectivity index (χ2n) is 7.53. The molecule has 0 saturated heterocycles. The number of hydrogen-bond acceptors (Lipinski definition) is 6. The quantitative estimate of drug-likeness (QED) is 0.715. The Balaban J connectivity index is 1.62. The third kappa shape index (κ3) is 4.49. The summed E-state index contributed by atoms with van der Waals surface area (Å²) in [7, 11) is 0. The molecule has 1 aromatic carbocycles. The fraction of sp³-hybridized carbons (Fsp3) is 0.400. The van der Waals surface area contributed by atoms with E-state index >= 15 is 0 Å². The Morgan fingerprint density at radius 3 is 2.70 bits per heavy atom. The van der Waals surface area contributed by atoms with Crippen LogP contribution in [0.4, 0.5) is 0 Å². The fourth-order valence-electron chi connectivity index (χ4n) is 2.64. The molecule has 7 heteroatoms. The molecule has 7 nitrogen and oxygen atoms in total. The second kappa shape index (κ2) is 7.44. The molecule has 0 amide bonds. The van der Waals surface area contributed by atoms with Crippen molar-refractivity contribution in [2.45, 2.75) is 45.8 Å². The molecule has 27 heavy (non-hydrogen) atoms. The molecule has 0 saturated carbocycles. The highest BCUT2D eigenvalue weighted by molar-refractivity contribution is 5.42. The van der Waals surface area contributed by atoms with E-state index in [-0.39, 0.29) is 24.5 Å². The molecular formula is C20H24N2O5. The van der Waals surface area contributed by atoms with Crippen molar-refractivity contribution in [3.63, 3.8) is 0 Å². The van der Waals surface area contributed by atoms with Gasteiger partial charge in [-0.3, -0.25) is 0 Å². The second-order valence-corrected chi connectivity index (χ2v) is 7.53. The normalized spacial score (nSPS) is 12.9. The summed E-state index contributed by atoms with van der Waals surface area (Å²) < 4.78 is 17.0. The van der Waals surface area contributed by atoms with Crippen molar-refractivity contribution in [3.05, 3.63) is 58.3 Å². The molecule has 2 aromatic heterocycles. The Morgan fingerprint density at radius 2 is 2.07 bits per heavy atom. The SMILES string of the molecule is Cc1cc(C(C)(C)C)ccc1OCC(O)Cn1nc(-c2ccco2)oc1=O. The summed E-state index contributed by atoms with van der Waals surface area (Å²) in [5.41, 5.74) is 2.27. The van der Waals surface area contributed by atoms with Gasteiger partial charge in [0.1, 0.15) is 18.5 Å². The summed E-state index contributed by atoms with van der Waals surface area (Å²) in [5, 5.41) is 14.2. The summed E-state index contributed by atoms with van der Waals surface area (Å²) in [6, 6.07) is 9.31. The zero-order valence-corrected chi connectivity index (χ0v) is 15.9. The van der Waals surface area contributed by atoms with Crippen molar-refractivity contribution >= 4 is 0 Å². The van der Waals surface area contributed by atoms with Crippen molar-refractivity contribution in [2.24, 2.45) is 0 Å². The lowest BCUT2D eigenvalue weighted by Crippen LogP contribution is -2.29. The van der Waals surface area contributed by atoms with E-state index in [1.54, 1.807) is 12.1 Å². The number of rotatable bonds is 6. The predicted molar refractivity (Wildman–Crippen MR) is 99.8 cm³/mol. The van der Waals surface area contributed by atoms with Gasteiger partial charge >= 0.3 is 5.76 Å². The average Bonchev–Trinajstić information content (AvgIpc) is 3.23. The predicted octanol–water partition coefficient (Wildman–Crippen LogP) is 3.14. The van der Waals surface area contributed by atoms with Crippen molar-refractivity contribution in [1.29, 1.82) is 0 Å². The number of aliphatic hydroxyl groups is 1. The molecule has 1 unspecified atom stereocenters. The molecule has 0 aliphatic carbocycles. The van der Waals surface area contributed by atoms with Crippen LogP contribution in [0.1, 0.15) is 31.9 Å². The number of nitrogens with zero attached hydrogens (tertiary/aromatic N) is 2. The standard InChI is InChI=1S/C20H24N2O5/c1-13-10-14(20(2,3)4)7-8-16(13)26-12-15(23)11-22-19(24)27-18(21-22)17-6-5-9-25-17/h5-10,15,23H,11-12H2,1-4H3. The van der Waals surface area contributed by atoms with Gasteiger partial charge in [-0.25, -0.2) is 4.79 Å². The Kier molecular flexibility index (Phi) is 5.23. The summed E-state index contributed by atoms with van der Waals surface area (Å²) in [5.74, 6) is 0.467. The average molecular weight is 372 g/mol. The van der Waals surface area contributed by atoms with Gasteiger partial charge in [-0.05, 0) is 41.7 Å². The van der Waals surface area contributed by atoms with Crippen LogP contribution < -0.4 is 10.5 Å². The molecular weight excluding hydrogens is 348 g/mol. The Morgan fingerprint density at radius 1 is 1.30 bits per heavy atom. The van der Waals surface area contributed by atoms with Gasteiger partial charge in [-0.1, -0.05) is 32.9 Å². The van der Waals surface area contributed by atoms with Crippen LogP contribution >= 0.6 is 0 Å². The van der Waals surface area contributed by atoms with Gasteiger partial charge in [-0.15, -0.1) is 5.10 Å². The molecule has 0 bridgehead atoms. The lowest BCUT2D eigenvalue weighted by molar-refractivity contribution is 0.0872. The maximum atomic E-state index is 11.9. The third-order valence-corrected chi connectivity index (χ3v) is 4.19. The van der Waals surface area contributed by atoms with Crippen LogP contribution in [-0.4, -0.2) is 27.6 Å². The number of aromatic nitrogens is 2. The van der Waals surface area contributed by atoms with Crippen LogP contribution in [0.15, 0.2) is 50.2 Å². The van der Waals surface area contributed by atoms with Gasteiger partial charge in [0.15, 0.2) is 5.76 Å². The monoisotopic (exact) mass is 372 g/mol. The van der Waals surface area contributed by atoms with Gasteiger partial charge in [-0.2, -0.15) is 4.68 Å². The van der Waals surface area contributed by atoms with Crippen molar-refractivity contribution in [1.82, 2.24) is 9.78 Å². The summed E-state index contributed by atoms with van der Waals surface area (Å²) in [6.45, 7) is 8.41. The number of aryl methyl sites for hydroxylation is 1. The first-order valence-electron chi connectivity index (χ1n) is 8.78. The van der Waals surface area contributed by atoms with Gasteiger partial charge < -0.3 is 18.7 Å². The van der Waals surface area contributed by atoms with E-state index in [4.69, 9.17) is 13.6 Å². The number of hydrogen-bond donors (Lipinski definition) is 1. The van der Waals surface area contributed by atoms with Crippen molar-refractivity contribution < 1.29 is 18.7 Å². The van der Waals surface area contributed by atoms with E-state index < -0.39 is 11.9 Å². The van der Waals surface area contributed by atoms with Crippen LogP contribution in [0.2, 0.25) is 0 Å². The summed E-state index contributed by atoms with van der Waals surface area (Å²) in [6.07, 6.45) is 0.545. The smallest absolute Gasteiger partial charge is 0.437 e. The van der Waals surface area contributed by atoms with E-state index in [0.717, 1.165) is 10.2 Å². The van der Waals surface area contributed by atoms with Gasteiger partial charge in [0.25, 0.3) is 5.89 Å². The van der Waals surface area contributed by atoms with Crippen LogP contribution in [0.5, 0.6) is 5.75 Å². The highest BCUT2D eigenvalue weighted by Crippen LogP contribution is 2.27. The molecule has 0 fully saturated rings. The van der Waals surface area contributed by atoms with E-state index in [2.05, 4.69) is 31.9 Å². The molecule has 1 atom stereocenters. The number of benzene rings is 1. The Bertz CT molecular complexity index is 948. The summed E-state index contributed by atoms with van der Waals surface area (Å²) >= 11 is 0. The van der Waals surface area contributed by atoms with Gasteiger partial charge in [0.05, 0.1) is 12.8 Å². The van der Waals surface area contributed by atoms with Crippen molar-refractivity contribution in [2.75, 3.05) is 6.61 Å². The number of aliphatic hydroxyl groups excluding tert-OH is 1. The van der Waals surface area contributed by atoms with Crippen LogP contribution in [0, 0.1) is 6.92 Å². The lowest BCUT2D eigenvalue weighted by Gasteiger charge is -2.21. The maximum absolute atomic E-state index is 11.9. The highest BCUT2D eigenvalue weighted by atomic mass is 16.5. The Labute approximate surface area is 157 Å². The van der Waals surface area contributed by atoms with E-state index in [1.165, 1.54) is 11.8 Å². The first kappa shape index (κ1) is 19.0. The number of furan rings is 1. The molecule has 0 radical (unpaired) electrons. The highest BCUT2D eigenvalue weighted by Gasteiger charge is 2.17. The molecule has 0 aliphatic heterocycles. The molecule has 2 heterocycles. The minimum absolute atomic E-state index is 0.0328. The lowest BCUT2D eigenvalue weighted by atomic mass is 9.86. The molecule has 0 aliphatic rings. The van der Waals surface area contributed by atoms with Crippen LogP contribution in [0.25, 0.3) is 11.7 Å². The van der Waals surface area contributed by atoms with Crippen LogP contribution in [-0.2, 0) is 12.0 Å². The Hall–Kier alpha value is -2.80. The number of ether oxygens (including phenoxy) is 1. The maximum Gasteiger partial charge on any atom is 0.437 e. The largest absolute Gasteiger partial charge is 0.491 e. The molecule has 3 aromatic rings. The van der Waals surface area contributed by atoms with Crippen LogP contribution in [0.3, 0.4) is 0 Å². The first-order valence-corrected chi connectivity index (χ1v) is 8.78. The van der Waals surface area contributed by atoms with E-state index in [9.17, 15) is 9.90 Å². The minimum Gasteiger partial charge on any atom is -0.491 e. The molecule has 0 spiro atoms. The molecule has 1 N–H and O–H groups in total. The zero-order chi connectivity index (χ0) is 19.6. The topological polar surface area (TPSA) is 90.6 Å². The molecule has 144 valence electrons. The fourth-order valence-corrected chi connectivity index (χ4v) is 2.64. The van der Waals surface area contributed by atoms with E-state index in [0.29, 0.717) is 11.5 Å². The van der Waals surface area contributed by atoms with E-state index in [1.807, 2.05) is 19.1 Å². The molecule has 3 rings (SSSR count). The van der Waals surface area contributed by atoms with Crippen molar-refractivity contribution in [3.8, 4) is 17.4 Å².